The van der Waals surface area contributed by atoms with Gasteiger partial charge in [0.15, 0.2) is 6.10 Å². The van der Waals surface area contributed by atoms with Gasteiger partial charge in [0.1, 0.15) is 6.10 Å². The number of benzene rings is 1. The maximum atomic E-state index is 12.5. The van der Waals surface area contributed by atoms with Crippen LogP contribution in [0.25, 0.3) is 0 Å². The zero-order chi connectivity index (χ0) is 16.9. The first-order chi connectivity index (χ1) is 11.0. The molecule has 0 aliphatic carbocycles. The van der Waals surface area contributed by atoms with E-state index in [9.17, 15) is 4.79 Å². The van der Waals surface area contributed by atoms with Crippen LogP contribution in [0.1, 0.15) is 44.4 Å². The van der Waals surface area contributed by atoms with Gasteiger partial charge in [-0.25, -0.2) is 4.79 Å². The lowest BCUT2D eigenvalue weighted by Gasteiger charge is -2.33. The Kier molecular flexibility index (Phi) is 8.67. The van der Waals surface area contributed by atoms with Gasteiger partial charge in [0.2, 0.25) is 0 Å². The fraction of sp³-hybridized carbons (Fsp3) is 0.632. The van der Waals surface area contributed by atoms with Gasteiger partial charge in [-0.05, 0) is 38.3 Å². The molecule has 24 heavy (non-hydrogen) atoms. The smallest absolute Gasteiger partial charge is 0.340 e. The minimum Gasteiger partial charge on any atom is -1.00 e. The van der Waals surface area contributed by atoms with Crippen molar-refractivity contribution in [3.63, 3.8) is 0 Å². The summed E-state index contributed by atoms with van der Waals surface area (Å²) in [5.41, 5.74) is 2.15. The van der Waals surface area contributed by atoms with Crippen LogP contribution in [0.15, 0.2) is 24.3 Å². The van der Waals surface area contributed by atoms with Gasteiger partial charge in [0.25, 0.3) is 0 Å². The van der Waals surface area contributed by atoms with Gasteiger partial charge >= 0.3 is 5.97 Å². The predicted molar refractivity (Wildman–Crippen MR) is 91.1 cm³/mol. The second-order valence-electron chi connectivity index (χ2n) is 6.71. The number of esters is 1. The van der Waals surface area contributed by atoms with Crippen molar-refractivity contribution in [2.24, 2.45) is 0 Å². The van der Waals surface area contributed by atoms with Crippen molar-refractivity contribution in [2.75, 3.05) is 33.3 Å². The van der Waals surface area contributed by atoms with Gasteiger partial charge in [0, 0.05) is 6.42 Å². The standard InChI is InChI=1S/C19H30NO3.HI/c1-5-20(4,6-2)13-11-15(3)23-19(21)18-17-10-8-7-9-16(17)12-14-22-18;/h7-10,15,18H,5-6,11-14H2,1-4H3;1H/q+1;/p-1. The fourth-order valence-electron chi connectivity index (χ4n) is 2.94. The van der Waals surface area contributed by atoms with E-state index in [1.807, 2.05) is 25.1 Å². The van der Waals surface area contributed by atoms with E-state index in [-0.39, 0.29) is 36.0 Å². The summed E-state index contributed by atoms with van der Waals surface area (Å²) >= 11 is 0. The molecule has 0 saturated heterocycles. The number of hydrogen-bond acceptors (Lipinski definition) is 3. The van der Waals surface area contributed by atoms with E-state index in [1.54, 1.807) is 0 Å². The summed E-state index contributed by atoms with van der Waals surface area (Å²) in [6.45, 7) is 10.2. The normalized spacial score (nSPS) is 18.2. The van der Waals surface area contributed by atoms with Crippen molar-refractivity contribution >= 4 is 5.97 Å². The van der Waals surface area contributed by atoms with E-state index in [2.05, 4.69) is 27.0 Å². The Bertz CT molecular complexity index is 531. The molecular formula is C19H30INO3. The Morgan fingerprint density at radius 1 is 1.33 bits per heavy atom. The van der Waals surface area contributed by atoms with Crippen LogP contribution in [0.4, 0.5) is 0 Å². The average Bonchev–Trinajstić information content (AvgIpc) is 2.59. The Hall–Kier alpha value is -0.660. The lowest BCUT2D eigenvalue weighted by Crippen LogP contribution is -3.00. The number of quaternary nitrogens is 1. The number of rotatable bonds is 7. The molecule has 0 spiro atoms. The predicted octanol–water partition coefficient (Wildman–Crippen LogP) is 0.113. The van der Waals surface area contributed by atoms with Crippen molar-refractivity contribution in [3.05, 3.63) is 35.4 Å². The summed E-state index contributed by atoms with van der Waals surface area (Å²) in [5, 5.41) is 0. The van der Waals surface area contributed by atoms with Crippen molar-refractivity contribution in [1.29, 1.82) is 0 Å². The molecule has 2 rings (SSSR count). The molecule has 0 saturated carbocycles. The molecule has 1 aromatic rings. The molecular weight excluding hydrogens is 417 g/mol. The minimum atomic E-state index is -0.569. The molecule has 1 aliphatic rings. The number of carbonyl (C=O) groups is 1. The van der Waals surface area contributed by atoms with Gasteiger partial charge in [-0.3, -0.25) is 0 Å². The molecule has 2 unspecified atom stereocenters. The maximum absolute atomic E-state index is 12.5. The number of ether oxygens (including phenoxy) is 2. The first-order valence-electron chi connectivity index (χ1n) is 8.72. The van der Waals surface area contributed by atoms with E-state index in [0.717, 1.165) is 42.5 Å². The minimum absolute atomic E-state index is 0. The van der Waals surface area contributed by atoms with E-state index in [1.165, 1.54) is 5.56 Å². The largest absolute Gasteiger partial charge is 1.00 e. The van der Waals surface area contributed by atoms with Crippen LogP contribution in [0.3, 0.4) is 0 Å². The molecule has 4 nitrogen and oxygen atoms in total. The zero-order valence-corrected chi connectivity index (χ0v) is 17.4. The number of nitrogens with zero attached hydrogens (tertiary/aromatic N) is 1. The third-order valence-electron chi connectivity index (χ3n) is 5.13. The quantitative estimate of drug-likeness (QED) is 0.338. The summed E-state index contributed by atoms with van der Waals surface area (Å²) in [6.07, 6.45) is 1.08. The summed E-state index contributed by atoms with van der Waals surface area (Å²) in [4.78, 5) is 12.5. The van der Waals surface area contributed by atoms with Crippen LogP contribution in [0, 0.1) is 0 Å². The first-order valence-corrected chi connectivity index (χ1v) is 8.72. The summed E-state index contributed by atoms with van der Waals surface area (Å²) in [5.74, 6) is -0.258. The summed E-state index contributed by atoms with van der Waals surface area (Å²) in [7, 11) is 2.25. The molecule has 1 aliphatic heterocycles. The molecule has 0 aromatic heterocycles. The van der Waals surface area contributed by atoms with Gasteiger partial charge in [0.05, 0.1) is 33.3 Å². The monoisotopic (exact) mass is 447 g/mol. The molecule has 0 bridgehead atoms. The number of carbonyl (C=O) groups excluding carboxylic acids is 1. The number of fused-ring (bicyclic) bond motifs is 1. The average molecular weight is 447 g/mol. The number of halogens is 1. The lowest BCUT2D eigenvalue weighted by atomic mass is 9.98. The van der Waals surface area contributed by atoms with Gasteiger partial charge in [-0.15, -0.1) is 0 Å². The fourth-order valence-corrected chi connectivity index (χ4v) is 2.94. The lowest BCUT2D eigenvalue weighted by molar-refractivity contribution is -0.906. The second kappa shape index (κ2) is 9.73. The third kappa shape index (κ3) is 5.43. The van der Waals surface area contributed by atoms with Crippen LogP contribution >= 0.6 is 0 Å². The molecule has 1 aromatic carbocycles. The highest BCUT2D eigenvalue weighted by Gasteiger charge is 2.30. The second-order valence-corrected chi connectivity index (χ2v) is 6.71. The van der Waals surface area contributed by atoms with E-state index in [0.29, 0.717) is 6.61 Å². The van der Waals surface area contributed by atoms with E-state index >= 15 is 0 Å². The first kappa shape index (κ1) is 21.4. The van der Waals surface area contributed by atoms with Crippen LogP contribution < -0.4 is 24.0 Å². The van der Waals surface area contributed by atoms with Crippen molar-refractivity contribution in [2.45, 2.75) is 45.8 Å². The summed E-state index contributed by atoms with van der Waals surface area (Å²) < 4.78 is 12.3. The Morgan fingerprint density at radius 3 is 2.67 bits per heavy atom. The van der Waals surface area contributed by atoms with Crippen LogP contribution in [-0.4, -0.2) is 49.8 Å². The molecule has 0 radical (unpaired) electrons. The van der Waals surface area contributed by atoms with E-state index in [4.69, 9.17) is 9.47 Å². The SMILES string of the molecule is CC[N+](C)(CC)CCC(C)OC(=O)C1OCCc2ccccc21.[I-]. The van der Waals surface area contributed by atoms with Gasteiger partial charge < -0.3 is 37.9 Å². The van der Waals surface area contributed by atoms with Crippen LogP contribution in [0.5, 0.6) is 0 Å². The van der Waals surface area contributed by atoms with Crippen LogP contribution in [0.2, 0.25) is 0 Å². The molecule has 0 fully saturated rings. The van der Waals surface area contributed by atoms with Crippen molar-refractivity contribution in [1.82, 2.24) is 0 Å². The van der Waals surface area contributed by atoms with Crippen molar-refractivity contribution < 1.29 is 42.7 Å². The topological polar surface area (TPSA) is 35.5 Å². The third-order valence-corrected chi connectivity index (χ3v) is 5.13. The van der Waals surface area contributed by atoms with Crippen LogP contribution in [-0.2, 0) is 20.7 Å². The Balaban J connectivity index is 0.00000288. The molecule has 5 heteroatoms. The molecule has 2 atom stereocenters. The number of hydrogen-bond donors (Lipinski definition) is 0. The zero-order valence-electron chi connectivity index (χ0n) is 15.3. The molecule has 136 valence electrons. The highest BCUT2D eigenvalue weighted by molar-refractivity contribution is 5.77. The maximum Gasteiger partial charge on any atom is 0.340 e. The Labute approximate surface area is 163 Å². The Morgan fingerprint density at radius 2 is 2.00 bits per heavy atom. The van der Waals surface area contributed by atoms with E-state index < -0.39 is 6.10 Å². The van der Waals surface area contributed by atoms with Gasteiger partial charge in [-0.1, -0.05) is 24.3 Å². The highest BCUT2D eigenvalue weighted by atomic mass is 127. The summed E-state index contributed by atoms with van der Waals surface area (Å²) in [6, 6.07) is 7.98. The molecule has 0 N–H and O–H groups in total. The van der Waals surface area contributed by atoms with Crippen molar-refractivity contribution in [3.8, 4) is 0 Å². The highest BCUT2D eigenvalue weighted by Crippen LogP contribution is 2.28. The molecule has 1 heterocycles. The van der Waals surface area contributed by atoms with Gasteiger partial charge in [-0.2, -0.15) is 0 Å². The molecule has 0 amide bonds.